The molecule has 18 heavy (non-hydrogen) atoms. The molecular weight excluding hydrogens is 230 g/mol. The number of fused-ring (bicyclic) bond motifs is 1. The summed E-state index contributed by atoms with van der Waals surface area (Å²) in [4.78, 5) is 25.1. The van der Waals surface area contributed by atoms with E-state index in [9.17, 15) is 9.59 Å². The quantitative estimate of drug-likeness (QED) is 0.550. The van der Waals surface area contributed by atoms with Gasteiger partial charge in [-0.3, -0.25) is 4.79 Å². The fraction of sp³-hybridized carbons (Fsp3) is 0.286. The van der Waals surface area contributed by atoms with Crippen molar-refractivity contribution in [1.29, 1.82) is 0 Å². The number of rotatable bonds is 1. The zero-order chi connectivity index (χ0) is 12.7. The van der Waals surface area contributed by atoms with Gasteiger partial charge in [0.1, 0.15) is 6.61 Å². The van der Waals surface area contributed by atoms with E-state index in [0.29, 0.717) is 18.5 Å². The van der Waals surface area contributed by atoms with E-state index in [2.05, 4.69) is 5.92 Å². The molecule has 0 radical (unpaired) electrons. The van der Waals surface area contributed by atoms with Gasteiger partial charge in [0.05, 0.1) is 11.3 Å². The van der Waals surface area contributed by atoms with Crippen molar-refractivity contribution in [3.63, 3.8) is 0 Å². The fourth-order valence-corrected chi connectivity index (χ4v) is 2.44. The van der Waals surface area contributed by atoms with Gasteiger partial charge in [-0.2, -0.15) is 0 Å². The molecule has 0 N–H and O–H groups in total. The third kappa shape index (κ3) is 1.48. The number of carbonyl (C=O) groups is 2. The summed E-state index contributed by atoms with van der Waals surface area (Å²) in [5, 5.41) is 0. The van der Waals surface area contributed by atoms with Crippen LogP contribution in [0.5, 0.6) is 0 Å². The van der Waals surface area contributed by atoms with E-state index in [-0.39, 0.29) is 24.4 Å². The van der Waals surface area contributed by atoms with Crippen molar-refractivity contribution in [3.05, 3.63) is 29.3 Å². The third-order valence-electron chi connectivity index (χ3n) is 3.37. The molecule has 2 aliphatic heterocycles. The van der Waals surface area contributed by atoms with Crippen LogP contribution in [0.4, 0.5) is 5.69 Å². The standard InChI is InChI=1S/C14H11NO3/c1-2-9-6-13(16)15(7-9)12-5-3-4-10-11(12)8-18-14(10)17/h1,3-5,9H,6-8H2. The van der Waals surface area contributed by atoms with Crippen LogP contribution in [0.25, 0.3) is 0 Å². The maximum absolute atomic E-state index is 11.9. The summed E-state index contributed by atoms with van der Waals surface area (Å²) in [6.07, 6.45) is 5.73. The second kappa shape index (κ2) is 3.88. The highest BCUT2D eigenvalue weighted by Crippen LogP contribution is 2.33. The van der Waals surface area contributed by atoms with Crippen LogP contribution in [0.3, 0.4) is 0 Å². The smallest absolute Gasteiger partial charge is 0.338 e. The van der Waals surface area contributed by atoms with Crippen molar-refractivity contribution < 1.29 is 14.3 Å². The first-order valence-electron chi connectivity index (χ1n) is 5.76. The van der Waals surface area contributed by atoms with E-state index in [4.69, 9.17) is 11.2 Å². The Hall–Kier alpha value is -2.28. The molecule has 90 valence electrons. The van der Waals surface area contributed by atoms with Crippen LogP contribution < -0.4 is 4.90 Å². The average Bonchev–Trinajstić information content (AvgIpc) is 2.93. The Bertz CT molecular complexity index is 585. The fourth-order valence-electron chi connectivity index (χ4n) is 2.44. The van der Waals surface area contributed by atoms with E-state index < -0.39 is 0 Å². The van der Waals surface area contributed by atoms with Crippen molar-refractivity contribution in [3.8, 4) is 12.3 Å². The molecule has 1 aromatic rings. The molecule has 0 aromatic heterocycles. The summed E-state index contributed by atoms with van der Waals surface area (Å²) < 4.78 is 4.99. The van der Waals surface area contributed by atoms with E-state index in [1.165, 1.54) is 0 Å². The molecule has 1 fully saturated rings. The molecular formula is C14H11NO3. The molecule has 1 unspecified atom stereocenters. The van der Waals surface area contributed by atoms with E-state index in [0.717, 1.165) is 11.3 Å². The summed E-state index contributed by atoms with van der Waals surface area (Å²) in [6.45, 7) is 0.745. The summed E-state index contributed by atoms with van der Waals surface area (Å²) in [6, 6.07) is 5.31. The molecule has 0 spiro atoms. The molecule has 0 saturated carbocycles. The van der Waals surface area contributed by atoms with Crippen LogP contribution in [-0.2, 0) is 16.1 Å². The monoisotopic (exact) mass is 241 g/mol. The van der Waals surface area contributed by atoms with Gasteiger partial charge in [-0.25, -0.2) is 4.79 Å². The van der Waals surface area contributed by atoms with Crippen LogP contribution in [0, 0.1) is 18.3 Å². The van der Waals surface area contributed by atoms with Crippen molar-refractivity contribution in [2.75, 3.05) is 11.4 Å². The number of ether oxygens (including phenoxy) is 1. The van der Waals surface area contributed by atoms with Crippen LogP contribution in [0.1, 0.15) is 22.3 Å². The van der Waals surface area contributed by atoms with Gasteiger partial charge in [0, 0.05) is 24.4 Å². The molecule has 4 nitrogen and oxygen atoms in total. The van der Waals surface area contributed by atoms with Crippen LogP contribution >= 0.6 is 0 Å². The Kier molecular flexibility index (Phi) is 2.34. The number of cyclic esters (lactones) is 1. The number of anilines is 1. The van der Waals surface area contributed by atoms with Gasteiger partial charge in [0.2, 0.25) is 5.91 Å². The topological polar surface area (TPSA) is 46.6 Å². The van der Waals surface area contributed by atoms with Crippen molar-refractivity contribution >= 4 is 17.6 Å². The summed E-state index contributed by atoms with van der Waals surface area (Å²) in [7, 11) is 0. The average molecular weight is 241 g/mol. The van der Waals surface area contributed by atoms with Gasteiger partial charge in [0.15, 0.2) is 0 Å². The lowest BCUT2D eigenvalue weighted by Crippen LogP contribution is -2.25. The second-order valence-electron chi connectivity index (χ2n) is 4.45. The summed E-state index contributed by atoms with van der Waals surface area (Å²) in [5.74, 6) is 2.24. The highest BCUT2D eigenvalue weighted by molar-refractivity contribution is 6.01. The Morgan fingerprint density at radius 1 is 1.39 bits per heavy atom. The predicted molar refractivity (Wildman–Crippen MR) is 64.9 cm³/mol. The van der Waals surface area contributed by atoms with E-state index in [1.807, 2.05) is 6.07 Å². The number of hydrogen-bond donors (Lipinski definition) is 0. The first kappa shape index (κ1) is 10.8. The van der Waals surface area contributed by atoms with Crippen LogP contribution in [0.2, 0.25) is 0 Å². The number of nitrogens with zero attached hydrogens (tertiary/aromatic N) is 1. The van der Waals surface area contributed by atoms with Gasteiger partial charge < -0.3 is 9.64 Å². The number of benzene rings is 1. The molecule has 1 saturated heterocycles. The Balaban J connectivity index is 2.02. The van der Waals surface area contributed by atoms with E-state index in [1.54, 1.807) is 17.0 Å². The third-order valence-corrected chi connectivity index (χ3v) is 3.37. The Morgan fingerprint density at radius 3 is 2.94 bits per heavy atom. The zero-order valence-electron chi connectivity index (χ0n) is 9.68. The van der Waals surface area contributed by atoms with Gasteiger partial charge in [-0.1, -0.05) is 6.07 Å². The molecule has 2 aliphatic rings. The molecule has 0 aliphatic carbocycles. The van der Waals surface area contributed by atoms with Crippen LogP contribution in [-0.4, -0.2) is 18.4 Å². The first-order chi connectivity index (χ1) is 8.70. The Morgan fingerprint density at radius 2 is 2.22 bits per heavy atom. The van der Waals surface area contributed by atoms with Crippen molar-refractivity contribution in [2.24, 2.45) is 5.92 Å². The number of amides is 1. The van der Waals surface area contributed by atoms with Crippen LogP contribution in [0.15, 0.2) is 18.2 Å². The largest absolute Gasteiger partial charge is 0.457 e. The van der Waals surface area contributed by atoms with Gasteiger partial charge in [-0.05, 0) is 12.1 Å². The van der Waals surface area contributed by atoms with Crippen molar-refractivity contribution in [2.45, 2.75) is 13.0 Å². The second-order valence-corrected chi connectivity index (χ2v) is 4.45. The van der Waals surface area contributed by atoms with E-state index >= 15 is 0 Å². The van der Waals surface area contributed by atoms with Gasteiger partial charge in [0.25, 0.3) is 0 Å². The maximum atomic E-state index is 11.9. The normalized spacial score (nSPS) is 21.7. The lowest BCUT2D eigenvalue weighted by molar-refractivity contribution is -0.117. The Labute approximate surface area is 105 Å². The summed E-state index contributed by atoms with van der Waals surface area (Å²) >= 11 is 0. The SMILES string of the molecule is C#CC1CC(=O)N(c2cccc3c2COC3=O)C1. The van der Waals surface area contributed by atoms with Gasteiger partial charge in [-0.15, -0.1) is 12.3 Å². The minimum atomic E-state index is -0.327. The molecule has 2 heterocycles. The number of esters is 1. The lowest BCUT2D eigenvalue weighted by Gasteiger charge is -2.18. The highest BCUT2D eigenvalue weighted by atomic mass is 16.5. The van der Waals surface area contributed by atoms with Gasteiger partial charge >= 0.3 is 5.97 Å². The minimum absolute atomic E-state index is 0.00528. The first-order valence-corrected chi connectivity index (χ1v) is 5.76. The molecule has 4 heteroatoms. The number of terminal acetylenes is 1. The van der Waals surface area contributed by atoms with Crippen molar-refractivity contribution in [1.82, 2.24) is 0 Å². The number of carbonyl (C=O) groups excluding carboxylic acids is 2. The minimum Gasteiger partial charge on any atom is -0.457 e. The summed E-state index contributed by atoms with van der Waals surface area (Å²) in [5.41, 5.74) is 2.08. The molecule has 0 bridgehead atoms. The number of hydrogen-bond acceptors (Lipinski definition) is 3. The molecule has 1 amide bonds. The highest BCUT2D eigenvalue weighted by Gasteiger charge is 2.33. The molecule has 1 atom stereocenters. The molecule has 3 rings (SSSR count). The lowest BCUT2D eigenvalue weighted by atomic mass is 10.1. The maximum Gasteiger partial charge on any atom is 0.338 e. The zero-order valence-corrected chi connectivity index (χ0v) is 9.68. The molecule has 1 aromatic carbocycles. The predicted octanol–water partition coefficient (Wildman–Crippen LogP) is 1.34.